The van der Waals surface area contributed by atoms with Crippen LogP contribution in [0.25, 0.3) is 0 Å². The molecule has 1 aromatic heterocycles. The van der Waals surface area contributed by atoms with E-state index in [0.29, 0.717) is 12.4 Å². The van der Waals surface area contributed by atoms with Gasteiger partial charge in [-0.3, -0.25) is 0 Å². The number of nitrogens with two attached hydrogens (primary N) is 1. The van der Waals surface area contributed by atoms with Crippen molar-refractivity contribution in [1.82, 2.24) is 9.27 Å². The third kappa shape index (κ3) is 3.51. The Labute approximate surface area is 119 Å². The fourth-order valence-electron chi connectivity index (χ4n) is 2.60. The molecule has 2 N–H and O–H groups in total. The number of anilines is 2. The van der Waals surface area contributed by atoms with E-state index in [1.165, 1.54) is 30.9 Å². The lowest BCUT2D eigenvalue weighted by molar-refractivity contribution is 0.284. The Morgan fingerprint density at radius 3 is 2.68 bits per heavy atom. The topological polar surface area (TPSA) is 54.6 Å². The highest BCUT2D eigenvalue weighted by atomic mass is 32.1. The lowest BCUT2D eigenvalue weighted by Crippen LogP contribution is -2.36. The first-order valence-corrected chi connectivity index (χ1v) is 7.66. The van der Waals surface area contributed by atoms with Gasteiger partial charge < -0.3 is 20.3 Å². The summed E-state index contributed by atoms with van der Waals surface area (Å²) in [5.41, 5.74) is 5.87. The minimum atomic E-state index is 0.525. The summed E-state index contributed by atoms with van der Waals surface area (Å²) in [5, 5.41) is 1.10. The number of rotatable bonds is 5. The predicted molar refractivity (Wildman–Crippen MR) is 81.2 cm³/mol. The molecule has 1 fully saturated rings. The number of aromatic nitrogens is 1. The average molecular weight is 284 g/mol. The molecule has 0 saturated carbocycles. The number of ether oxygens (including phenoxy) is 1. The maximum atomic E-state index is 5.87. The average Bonchev–Trinajstić information content (AvgIpc) is 2.72. The summed E-state index contributed by atoms with van der Waals surface area (Å²) in [6, 6.07) is 0. The number of hydrogen-bond donors (Lipinski definition) is 1. The molecule has 0 aliphatic carbocycles. The molecule has 1 aromatic rings. The van der Waals surface area contributed by atoms with Gasteiger partial charge in [-0.1, -0.05) is 0 Å². The Balaban J connectivity index is 1.97. The largest absolute Gasteiger partial charge is 0.487 e. The van der Waals surface area contributed by atoms with Crippen LogP contribution in [0.15, 0.2) is 0 Å². The minimum Gasteiger partial charge on any atom is -0.487 e. The molecule has 0 radical (unpaired) electrons. The molecule has 2 heterocycles. The van der Waals surface area contributed by atoms with Gasteiger partial charge in [0, 0.05) is 19.6 Å². The lowest BCUT2D eigenvalue weighted by Gasteiger charge is -2.33. The molecule has 0 atom stereocenters. The van der Waals surface area contributed by atoms with Gasteiger partial charge in [0.1, 0.15) is 0 Å². The quantitative estimate of drug-likeness (QED) is 0.895. The monoisotopic (exact) mass is 284 g/mol. The van der Waals surface area contributed by atoms with Gasteiger partial charge in [-0.2, -0.15) is 4.37 Å². The summed E-state index contributed by atoms with van der Waals surface area (Å²) in [6.45, 7) is 5.92. The van der Waals surface area contributed by atoms with Crippen molar-refractivity contribution in [1.29, 1.82) is 0 Å². The second-order valence-corrected chi connectivity index (χ2v) is 6.08. The van der Waals surface area contributed by atoms with Gasteiger partial charge in [-0.25, -0.2) is 0 Å². The molecular formula is C13H24N4OS. The van der Waals surface area contributed by atoms with Crippen molar-refractivity contribution in [2.24, 2.45) is 5.92 Å². The zero-order valence-corrected chi connectivity index (χ0v) is 12.9. The minimum absolute atomic E-state index is 0.525. The number of nitrogen functional groups attached to an aromatic ring is 1. The van der Waals surface area contributed by atoms with Crippen molar-refractivity contribution in [2.75, 3.05) is 51.0 Å². The van der Waals surface area contributed by atoms with Crippen molar-refractivity contribution in [2.45, 2.75) is 19.8 Å². The molecule has 1 aliphatic heterocycles. The number of hydrogen-bond acceptors (Lipinski definition) is 6. The third-order valence-electron chi connectivity index (χ3n) is 3.47. The van der Waals surface area contributed by atoms with Crippen LogP contribution in [0.4, 0.5) is 10.8 Å². The van der Waals surface area contributed by atoms with Gasteiger partial charge in [0.2, 0.25) is 0 Å². The molecule has 0 spiro atoms. The Morgan fingerprint density at radius 1 is 1.42 bits per heavy atom. The molecule has 1 aliphatic rings. The predicted octanol–water partition coefficient (Wildman–Crippen LogP) is 1.90. The summed E-state index contributed by atoms with van der Waals surface area (Å²) in [6.07, 6.45) is 2.45. The van der Waals surface area contributed by atoms with Crippen LogP contribution in [0.3, 0.4) is 0 Å². The summed E-state index contributed by atoms with van der Waals surface area (Å²) in [4.78, 5) is 4.64. The van der Waals surface area contributed by atoms with Gasteiger partial charge >= 0.3 is 0 Å². The fraction of sp³-hybridized carbons (Fsp3) is 0.769. The van der Waals surface area contributed by atoms with Crippen molar-refractivity contribution in [3.63, 3.8) is 0 Å². The van der Waals surface area contributed by atoms with Crippen LogP contribution in [-0.4, -0.2) is 49.6 Å². The maximum absolute atomic E-state index is 5.87. The van der Waals surface area contributed by atoms with Crippen LogP contribution < -0.4 is 15.4 Å². The molecule has 0 unspecified atom stereocenters. The van der Waals surface area contributed by atoms with Crippen LogP contribution >= 0.6 is 11.5 Å². The Morgan fingerprint density at radius 2 is 2.11 bits per heavy atom. The standard InChI is InChI=1S/C13H24N4OS/c1-4-18-11-12(14)15-19-13(11)17-7-5-10(6-8-17)9-16(2)3/h10H,4-9H2,1-3H3,(H2,14,15). The number of nitrogens with zero attached hydrogens (tertiary/aromatic N) is 3. The van der Waals surface area contributed by atoms with E-state index in [1.54, 1.807) is 0 Å². The van der Waals surface area contributed by atoms with Gasteiger partial charge in [0.05, 0.1) is 6.61 Å². The van der Waals surface area contributed by atoms with E-state index in [-0.39, 0.29) is 0 Å². The van der Waals surface area contributed by atoms with Gasteiger partial charge in [-0.05, 0) is 51.3 Å². The summed E-state index contributed by atoms with van der Waals surface area (Å²) >= 11 is 1.45. The van der Waals surface area contributed by atoms with E-state index in [1.807, 2.05) is 6.92 Å². The first-order chi connectivity index (χ1) is 9.11. The van der Waals surface area contributed by atoms with E-state index >= 15 is 0 Å². The molecule has 2 rings (SSSR count). The normalized spacial score (nSPS) is 17.2. The molecule has 0 amide bonds. The maximum Gasteiger partial charge on any atom is 0.197 e. The van der Waals surface area contributed by atoms with Crippen LogP contribution in [0.1, 0.15) is 19.8 Å². The second kappa shape index (κ2) is 6.43. The van der Waals surface area contributed by atoms with E-state index in [9.17, 15) is 0 Å². The summed E-state index contributed by atoms with van der Waals surface area (Å²) in [5.74, 6) is 2.10. The van der Waals surface area contributed by atoms with E-state index < -0.39 is 0 Å². The van der Waals surface area contributed by atoms with E-state index in [0.717, 1.165) is 29.8 Å². The SMILES string of the molecule is CCOc1c(N)nsc1N1CCC(CN(C)C)CC1. The highest BCUT2D eigenvalue weighted by molar-refractivity contribution is 7.11. The molecule has 0 aromatic carbocycles. The highest BCUT2D eigenvalue weighted by Gasteiger charge is 2.24. The molecule has 0 bridgehead atoms. The van der Waals surface area contributed by atoms with Crippen LogP contribution in [0.2, 0.25) is 0 Å². The van der Waals surface area contributed by atoms with Crippen molar-refractivity contribution < 1.29 is 4.74 Å². The van der Waals surface area contributed by atoms with E-state index in [4.69, 9.17) is 10.5 Å². The number of piperidine rings is 1. The zero-order valence-electron chi connectivity index (χ0n) is 12.1. The molecule has 5 nitrogen and oxygen atoms in total. The molecule has 6 heteroatoms. The summed E-state index contributed by atoms with van der Waals surface area (Å²) < 4.78 is 9.85. The summed E-state index contributed by atoms with van der Waals surface area (Å²) in [7, 11) is 4.28. The van der Waals surface area contributed by atoms with Gasteiger partial charge in [-0.15, -0.1) is 0 Å². The molecule has 1 saturated heterocycles. The van der Waals surface area contributed by atoms with E-state index in [2.05, 4.69) is 28.3 Å². The van der Waals surface area contributed by atoms with Crippen molar-refractivity contribution in [3.05, 3.63) is 0 Å². The Hall–Kier alpha value is -1.01. The highest BCUT2D eigenvalue weighted by Crippen LogP contribution is 2.39. The van der Waals surface area contributed by atoms with Gasteiger partial charge in [0.25, 0.3) is 0 Å². The second-order valence-electron chi connectivity index (χ2n) is 5.33. The van der Waals surface area contributed by atoms with Crippen LogP contribution in [0.5, 0.6) is 5.75 Å². The Kier molecular flexibility index (Phi) is 4.87. The molecule has 108 valence electrons. The van der Waals surface area contributed by atoms with Crippen molar-refractivity contribution in [3.8, 4) is 5.75 Å². The molecule has 19 heavy (non-hydrogen) atoms. The molecular weight excluding hydrogens is 260 g/mol. The smallest absolute Gasteiger partial charge is 0.197 e. The van der Waals surface area contributed by atoms with Gasteiger partial charge in [0.15, 0.2) is 16.6 Å². The first-order valence-electron chi connectivity index (χ1n) is 6.89. The third-order valence-corrected chi connectivity index (χ3v) is 4.38. The first kappa shape index (κ1) is 14.4. The van der Waals surface area contributed by atoms with Crippen LogP contribution in [-0.2, 0) is 0 Å². The van der Waals surface area contributed by atoms with Crippen LogP contribution in [0, 0.1) is 5.92 Å². The fourth-order valence-corrected chi connectivity index (χ4v) is 3.41. The van der Waals surface area contributed by atoms with Crippen molar-refractivity contribution >= 4 is 22.4 Å². The lowest BCUT2D eigenvalue weighted by atomic mass is 9.96. The Bertz CT molecular complexity index is 399. The zero-order chi connectivity index (χ0) is 13.8.